The molecule has 0 saturated heterocycles. The average Bonchev–Trinajstić information content (AvgIpc) is 3.23. The lowest BCUT2D eigenvalue weighted by molar-refractivity contribution is 0.832. The highest BCUT2D eigenvalue weighted by Crippen LogP contribution is 2.25. The average molecular weight is 355 g/mol. The van der Waals surface area contributed by atoms with E-state index in [0.29, 0.717) is 6.54 Å². The van der Waals surface area contributed by atoms with Gasteiger partial charge in [-0.05, 0) is 31.4 Å². The molecule has 0 amide bonds. The third-order valence-corrected chi connectivity index (χ3v) is 5.02. The van der Waals surface area contributed by atoms with Gasteiger partial charge < -0.3 is 0 Å². The van der Waals surface area contributed by atoms with Gasteiger partial charge in [-0.1, -0.05) is 24.3 Å². The number of nitrogens with zero attached hydrogens (tertiary/aromatic N) is 4. The molecule has 24 heavy (non-hydrogen) atoms. The minimum atomic E-state index is 0.603. The molecule has 3 rings (SSSR count). The van der Waals surface area contributed by atoms with Crippen molar-refractivity contribution in [2.45, 2.75) is 13.8 Å². The van der Waals surface area contributed by atoms with E-state index in [1.165, 1.54) is 4.88 Å². The first-order valence-corrected chi connectivity index (χ1v) is 9.26. The molecular formula is C18H18N4S2. The molecule has 0 aromatic carbocycles. The molecule has 122 valence electrons. The largest absolute Gasteiger partial charge is 0.264 e. The normalized spacial score (nSPS) is 12.6. The van der Waals surface area contributed by atoms with Gasteiger partial charge in [0.1, 0.15) is 0 Å². The Morgan fingerprint density at radius 3 is 2.79 bits per heavy atom. The van der Waals surface area contributed by atoms with Gasteiger partial charge in [0.05, 0.1) is 22.8 Å². The number of aromatic nitrogens is 2. The van der Waals surface area contributed by atoms with Crippen molar-refractivity contribution in [1.82, 2.24) is 9.66 Å². The smallest absolute Gasteiger partial charge is 0.206 e. The second-order valence-electron chi connectivity index (χ2n) is 5.39. The predicted molar refractivity (Wildman–Crippen MR) is 103 cm³/mol. The summed E-state index contributed by atoms with van der Waals surface area (Å²) in [5.74, 6) is 0. The van der Waals surface area contributed by atoms with E-state index >= 15 is 0 Å². The summed E-state index contributed by atoms with van der Waals surface area (Å²) < 4.78 is 1.92. The Morgan fingerprint density at radius 2 is 2.12 bits per heavy atom. The van der Waals surface area contributed by atoms with Crippen LogP contribution in [0.3, 0.4) is 0 Å². The van der Waals surface area contributed by atoms with Gasteiger partial charge in [0.25, 0.3) is 0 Å². The molecule has 0 atom stereocenters. The van der Waals surface area contributed by atoms with Crippen molar-refractivity contribution < 1.29 is 0 Å². The van der Waals surface area contributed by atoms with Crippen molar-refractivity contribution in [3.63, 3.8) is 0 Å². The molecule has 0 bridgehead atoms. The van der Waals surface area contributed by atoms with E-state index in [9.17, 15) is 0 Å². The van der Waals surface area contributed by atoms with Gasteiger partial charge in [0.2, 0.25) is 4.80 Å². The Kier molecular flexibility index (Phi) is 5.17. The molecule has 0 N–H and O–H groups in total. The molecule has 3 heterocycles. The van der Waals surface area contributed by atoms with Crippen LogP contribution < -0.4 is 4.80 Å². The van der Waals surface area contributed by atoms with Crippen LogP contribution in [0.25, 0.3) is 10.6 Å². The molecule has 0 fully saturated rings. The van der Waals surface area contributed by atoms with Crippen LogP contribution >= 0.6 is 22.7 Å². The van der Waals surface area contributed by atoms with Crippen molar-refractivity contribution >= 4 is 28.4 Å². The Bertz CT molecular complexity index is 916. The number of thiophene rings is 1. The summed E-state index contributed by atoms with van der Waals surface area (Å²) in [5.41, 5.74) is 3.98. The highest BCUT2D eigenvalue weighted by Gasteiger charge is 2.09. The van der Waals surface area contributed by atoms with Crippen LogP contribution in [-0.2, 0) is 0 Å². The fourth-order valence-corrected chi connectivity index (χ4v) is 3.71. The first-order chi connectivity index (χ1) is 11.6. The van der Waals surface area contributed by atoms with E-state index in [0.717, 1.165) is 27.3 Å². The van der Waals surface area contributed by atoms with E-state index in [1.54, 1.807) is 28.9 Å². The van der Waals surface area contributed by atoms with E-state index in [1.807, 2.05) is 42.9 Å². The van der Waals surface area contributed by atoms with E-state index in [4.69, 9.17) is 5.10 Å². The highest BCUT2D eigenvalue weighted by atomic mass is 32.1. The van der Waals surface area contributed by atoms with Gasteiger partial charge in [-0.25, -0.2) is 4.68 Å². The summed E-state index contributed by atoms with van der Waals surface area (Å²) in [6.45, 7) is 8.49. The Hall–Kier alpha value is -2.31. The number of hydrogen-bond donors (Lipinski definition) is 0. The third-order valence-electron chi connectivity index (χ3n) is 3.27. The third kappa shape index (κ3) is 3.77. The zero-order valence-electron chi connectivity index (χ0n) is 13.6. The molecule has 0 aliphatic carbocycles. The minimum absolute atomic E-state index is 0.603. The van der Waals surface area contributed by atoms with Gasteiger partial charge in [-0.15, -0.1) is 22.7 Å². The molecule has 0 saturated carbocycles. The second-order valence-corrected chi connectivity index (χ2v) is 7.18. The lowest BCUT2D eigenvalue weighted by Crippen LogP contribution is -2.14. The molecule has 3 aromatic rings. The number of rotatable bonds is 5. The first kappa shape index (κ1) is 16.5. The maximum Gasteiger partial charge on any atom is 0.206 e. The van der Waals surface area contributed by atoms with Crippen molar-refractivity contribution in [3.8, 4) is 10.6 Å². The maximum absolute atomic E-state index is 4.81. The zero-order valence-corrected chi connectivity index (χ0v) is 15.3. The van der Waals surface area contributed by atoms with Crippen LogP contribution in [-0.4, -0.2) is 21.9 Å². The summed E-state index contributed by atoms with van der Waals surface area (Å²) in [7, 11) is 0. The van der Waals surface area contributed by atoms with Crippen LogP contribution in [0.1, 0.15) is 19.4 Å². The SMILES string of the molecule is C=C(C)CN=c1scc(-c2cccs2)n1N=C(C)c1cccnc1. The van der Waals surface area contributed by atoms with Gasteiger partial charge in [-0.2, -0.15) is 5.10 Å². The lowest BCUT2D eigenvalue weighted by Gasteiger charge is -2.04. The number of thiazole rings is 1. The molecule has 0 radical (unpaired) electrons. The highest BCUT2D eigenvalue weighted by molar-refractivity contribution is 7.14. The lowest BCUT2D eigenvalue weighted by atomic mass is 10.2. The number of pyridine rings is 1. The summed E-state index contributed by atoms with van der Waals surface area (Å²) >= 11 is 3.29. The standard InChI is InChI=1S/C18H18N4S2/c1-13(2)10-20-18-22(16(12-24-18)17-7-5-9-23-17)21-14(3)15-6-4-8-19-11-15/h4-9,11-12H,1,10H2,2-3H3. The van der Waals surface area contributed by atoms with E-state index < -0.39 is 0 Å². The fraction of sp³-hybridized carbons (Fsp3) is 0.167. The van der Waals surface area contributed by atoms with Gasteiger partial charge in [0, 0.05) is 23.3 Å². The maximum atomic E-state index is 4.81. The van der Waals surface area contributed by atoms with Crippen LogP contribution in [0.5, 0.6) is 0 Å². The molecule has 0 aliphatic heterocycles. The zero-order chi connectivity index (χ0) is 16.9. The Balaban J connectivity index is 2.11. The van der Waals surface area contributed by atoms with Crippen LogP contribution in [0.2, 0.25) is 0 Å². The fourth-order valence-electron chi connectivity index (χ4n) is 2.09. The molecule has 0 unspecified atom stereocenters. The Morgan fingerprint density at radius 1 is 1.25 bits per heavy atom. The summed E-state index contributed by atoms with van der Waals surface area (Å²) in [6.07, 6.45) is 3.58. The van der Waals surface area contributed by atoms with Crippen molar-refractivity contribution in [2.75, 3.05) is 6.54 Å². The van der Waals surface area contributed by atoms with Crippen LogP contribution in [0.15, 0.2) is 69.7 Å². The monoisotopic (exact) mass is 354 g/mol. The second kappa shape index (κ2) is 7.51. The summed E-state index contributed by atoms with van der Waals surface area (Å²) in [4.78, 5) is 10.9. The molecular weight excluding hydrogens is 336 g/mol. The van der Waals surface area contributed by atoms with Gasteiger partial charge in [-0.3, -0.25) is 9.98 Å². The van der Waals surface area contributed by atoms with Gasteiger partial charge >= 0.3 is 0 Å². The van der Waals surface area contributed by atoms with Crippen molar-refractivity contribution in [1.29, 1.82) is 0 Å². The van der Waals surface area contributed by atoms with Crippen LogP contribution in [0.4, 0.5) is 0 Å². The quantitative estimate of drug-likeness (QED) is 0.494. The van der Waals surface area contributed by atoms with Crippen LogP contribution in [0, 0.1) is 0 Å². The minimum Gasteiger partial charge on any atom is -0.264 e. The van der Waals surface area contributed by atoms with Crippen molar-refractivity contribution in [2.24, 2.45) is 10.1 Å². The number of hydrogen-bond acceptors (Lipinski definition) is 5. The molecule has 0 aliphatic rings. The predicted octanol–water partition coefficient (Wildman–Crippen LogP) is 4.42. The molecule has 0 spiro atoms. The molecule has 6 heteroatoms. The molecule has 4 nitrogen and oxygen atoms in total. The topological polar surface area (TPSA) is 42.5 Å². The van der Waals surface area contributed by atoms with Crippen molar-refractivity contribution in [3.05, 3.63) is 69.9 Å². The molecule has 3 aromatic heterocycles. The summed E-state index contributed by atoms with van der Waals surface area (Å²) in [6, 6.07) is 8.07. The first-order valence-electron chi connectivity index (χ1n) is 7.50. The van der Waals surface area contributed by atoms with E-state index in [2.05, 4.69) is 33.4 Å². The van der Waals surface area contributed by atoms with Gasteiger partial charge in [0.15, 0.2) is 0 Å². The Labute approximate surface area is 149 Å². The summed E-state index contributed by atoms with van der Waals surface area (Å²) in [5, 5.41) is 8.98. The van der Waals surface area contributed by atoms with E-state index in [-0.39, 0.29) is 0 Å².